The molecular weight excluding hydrogens is 262 g/mol. The maximum Gasteiger partial charge on any atom is 0.303 e. The number of hydrogen-bond donors (Lipinski definition) is 2. The second-order valence-corrected chi connectivity index (χ2v) is 6.10. The smallest absolute Gasteiger partial charge is 0.303 e. The van der Waals surface area contributed by atoms with Crippen LogP contribution in [-0.4, -0.2) is 23.5 Å². The van der Waals surface area contributed by atoms with Gasteiger partial charge in [0, 0.05) is 22.7 Å². The Bertz CT molecular complexity index is 440. The molecule has 0 aliphatic heterocycles. The van der Waals surface area contributed by atoms with Crippen LogP contribution in [0.5, 0.6) is 0 Å². The van der Waals surface area contributed by atoms with Crippen molar-refractivity contribution in [3.05, 3.63) is 21.4 Å². The molecule has 2 N–H and O–H groups in total. The van der Waals surface area contributed by atoms with E-state index in [4.69, 9.17) is 5.11 Å². The first-order valence-corrected chi connectivity index (χ1v) is 7.39. The highest BCUT2D eigenvalue weighted by Crippen LogP contribution is 2.20. The minimum absolute atomic E-state index is 0.00705. The van der Waals surface area contributed by atoms with Gasteiger partial charge in [-0.25, -0.2) is 0 Å². The molecule has 0 unspecified atom stereocenters. The molecule has 0 aliphatic rings. The van der Waals surface area contributed by atoms with Gasteiger partial charge >= 0.3 is 5.97 Å². The first-order chi connectivity index (χ1) is 9.00. The third-order valence-electron chi connectivity index (χ3n) is 2.89. The van der Waals surface area contributed by atoms with Crippen LogP contribution >= 0.6 is 11.3 Å². The van der Waals surface area contributed by atoms with E-state index in [1.165, 1.54) is 0 Å². The first-order valence-electron chi connectivity index (χ1n) is 6.57. The lowest BCUT2D eigenvalue weighted by Crippen LogP contribution is -2.24. The van der Waals surface area contributed by atoms with Crippen molar-refractivity contribution < 1.29 is 14.7 Å². The number of aryl methyl sites for hydroxylation is 2. The standard InChI is InChI=1S/C14H21NO3S/c1-10-9-12(11(2)19-10)14(18)15-8-6-4-3-5-7-13(16)17/h9H,3-8H2,1-2H3,(H,15,18)(H,16,17). The predicted octanol–water partition coefficient (Wildman–Crippen LogP) is 3.13. The molecule has 5 heteroatoms. The average molecular weight is 283 g/mol. The molecule has 19 heavy (non-hydrogen) atoms. The molecule has 0 radical (unpaired) electrons. The number of aliphatic carboxylic acids is 1. The van der Waals surface area contributed by atoms with Gasteiger partial charge in [-0.1, -0.05) is 12.8 Å². The molecule has 0 fully saturated rings. The third kappa shape index (κ3) is 5.87. The Morgan fingerprint density at radius 1 is 1.21 bits per heavy atom. The van der Waals surface area contributed by atoms with Crippen LogP contribution in [0.1, 0.15) is 52.2 Å². The lowest BCUT2D eigenvalue weighted by atomic mass is 10.1. The van der Waals surface area contributed by atoms with Crippen molar-refractivity contribution >= 4 is 23.2 Å². The molecule has 1 heterocycles. The van der Waals surface area contributed by atoms with Gasteiger partial charge in [0.25, 0.3) is 5.91 Å². The highest BCUT2D eigenvalue weighted by Gasteiger charge is 2.10. The minimum atomic E-state index is -0.739. The Hall–Kier alpha value is -1.36. The number of unbranched alkanes of at least 4 members (excludes halogenated alkanes) is 3. The molecule has 0 aromatic carbocycles. The summed E-state index contributed by atoms with van der Waals surface area (Å²) in [5, 5.41) is 11.4. The molecule has 0 atom stereocenters. The van der Waals surface area contributed by atoms with Gasteiger partial charge in [0.2, 0.25) is 0 Å². The second-order valence-electron chi connectivity index (χ2n) is 4.64. The minimum Gasteiger partial charge on any atom is -0.481 e. The fraction of sp³-hybridized carbons (Fsp3) is 0.571. The molecule has 1 rings (SSSR count). The number of amides is 1. The lowest BCUT2D eigenvalue weighted by Gasteiger charge is -2.04. The molecule has 1 aromatic rings. The third-order valence-corrected chi connectivity index (χ3v) is 3.85. The molecular formula is C14H21NO3S. The Balaban J connectivity index is 2.14. The van der Waals surface area contributed by atoms with E-state index in [-0.39, 0.29) is 12.3 Å². The van der Waals surface area contributed by atoms with E-state index in [0.29, 0.717) is 13.0 Å². The molecule has 0 saturated carbocycles. The van der Waals surface area contributed by atoms with Crippen LogP contribution < -0.4 is 5.32 Å². The van der Waals surface area contributed by atoms with Crippen molar-refractivity contribution in [2.75, 3.05) is 6.54 Å². The fourth-order valence-electron chi connectivity index (χ4n) is 1.91. The zero-order valence-electron chi connectivity index (χ0n) is 11.5. The van der Waals surface area contributed by atoms with Crippen molar-refractivity contribution in [2.24, 2.45) is 0 Å². The number of nitrogens with one attached hydrogen (secondary N) is 1. The van der Waals surface area contributed by atoms with E-state index < -0.39 is 5.97 Å². The zero-order chi connectivity index (χ0) is 14.3. The van der Waals surface area contributed by atoms with Crippen LogP contribution in [0.25, 0.3) is 0 Å². The molecule has 0 saturated heterocycles. The van der Waals surface area contributed by atoms with Gasteiger partial charge < -0.3 is 10.4 Å². The zero-order valence-corrected chi connectivity index (χ0v) is 12.3. The van der Waals surface area contributed by atoms with Gasteiger partial charge in [-0.3, -0.25) is 9.59 Å². The summed E-state index contributed by atoms with van der Waals surface area (Å²) in [4.78, 5) is 24.4. The van der Waals surface area contributed by atoms with Gasteiger partial charge in [0.05, 0.1) is 5.56 Å². The summed E-state index contributed by atoms with van der Waals surface area (Å²) in [7, 11) is 0. The molecule has 4 nitrogen and oxygen atoms in total. The average Bonchev–Trinajstić information content (AvgIpc) is 2.66. The number of carboxylic acids is 1. The van der Waals surface area contributed by atoms with Crippen LogP contribution in [0.3, 0.4) is 0 Å². The lowest BCUT2D eigenvalue weighted by molar-refractivity contribution is -0.137. The van der Waals surface area contributed by atoms with Gasteiger partial charge in [-0.05, 0) is 32.8 Å². The SMILES string of the molecule is Cc1cc(C(=O)NCCCCCCC(=O)O)c(C)s1. The summed E-state index contributed by atoms with van der Waals surface area (Å²) in [6.07, 6.45) is 3.70. The number of hydrogen-bond acceptors (Lipinski definition) is 3. The highest BCUT2D eigenvalue weighted by molar-refractivity contribution is 7.12. The van der Waals surface area contributed by atoms with Gasteiger partial charge in [0.15, 0.2) is 0 Å². The topological polar surface area (TPSA) is 66.4 Å². The molecule has 106 valence electrons. The van der Waals surface area contributed by atoms with Crippen LogP contribution in [-0.2, 0) is 4.79 Å². The summed E-state index contributed by atoms with van der Waals surface area (Å²) < 4.78 is 0. The van der Waals surface area contributed by atoms with Crippen molar-refractivity contribution in [1.29, 1.82) is 0 Å². The number of carbonyl (C=O) groups is 2. The number of carbonyl (C=O) groups excluding carboxylic acids is 1. The largest absolute Gasteiger partial charge is 0.481 e. The number of carboxylic acid groups (broad SMARTS) is 1. The van der Waals surface area contributed by atoms with E-state index in [2.05, 4.69) is 5.32 Å². The highest BCUT2D eigenvalue weighted by atomic mass is 32.1. The van der Waals surface area contributed by atoms with Crippen molar-refractivity contribution in [3.8, 4) is 0 Å². The summed E-state index contributed by atoms with van der Waals surface area (Å²) in [6, 6.07) is 1.92. The second kappa shape index (κ2) is 7.94. The van der Waals surface area contributed by atoms with Crippen LogP contribution in [0.2, 0.25) is 0 Å². The summed E-state index contributed by atoms with van der Waals surface area (Å²) in [5.41, 5.74) is 0.772. The van der Waals surface area contributed by atoms with E-state index in [1.807, 2.05) is 19.9 Å². The molecule has 1 amide bonds. The molecule has 1 aromatic heterocycles. The molecule has 0 spiro atoms. The Kier molecular flexibility index (Phi) is 6.56. The Morgan fingerprint density at radius 2 is 1.89 bits per heavy atom. The number of thiophene rings is 1. The van der Waals surface area contributed by atoms with Gasteiger partial charge in [-0.15, -0.1) is 11.3 Å². The van der Waals surface area contributed by atoms with Gasteiger partial charge in [-0.2, -0.15) is 0 Å². The van der Waals surface area contributed by atoms with Crippen molar-refractivity contribution in [2.45, 2.75) is 46.0 Å². The maximum absolute atomic E-state index is 11.9. The monoisotopic (exact) mass is 283 g/mol. The molecule has 0 bridgehead atoms. The van der Waals surface area contributed by atoms with Crippen molar-refractivity contribution in [1.82, 2.24) is 5.32 Å². The molecule has 0 aliphatic carbocycles. The summed E-state index contributed by atoms with van der Waals surface area (Å²) in [5.74, 6) is -0.746. The van der Waals surface area contributed by atoms with E-state index in [1.54, 1.807) is 11.3 Å². The van der Waals surface area contributed by atoms with Crippen LogP contribution in [0.4, 0.5) is 0 Å². The predicted molar refractivity (Wildman–Crippen MR) is 76.8 cm³/mol. The van der Waals surface area contributed by atoms with E-state index in [9.17, 15) is 9.59 Å². The summed E-state index contributed by atoms with van der Waals surface area (Å²) >= 11 is 1.63. The van der Waals surface area contributed by atoms with Crippen LogP contribution in [0, 0.1) is 13.8 Å². The van der Waals surface area contributed by atoms with Crippen LogP contribution in [0.15, 0.2) is 6.07 Å². The number of rotatable bonds is 8. The quantitative estimate of drug-likeness (QED) is 0.720. The van der Waals surface area contributed by atoms with Gasteiger partial charge in [0.1, 0.15) is 0 Å². The Labute approximate surface area is 117 Å². The maximum atomic E-state index is 11.9. The van der Waals surface area contributed by atoms with Crippen molar-refractivity contribution in [3.63, 3.8) is 0 Å². The Morgan fingerprint density at radius 3 is 2.47 bits per heavy atom. The fourth-order valence-corrected chi connectivity index (χ4v) is 2.83. The summed E-state index contributed by atoms with van der Waals surface area (Å²) in [6.45, 7) is 4.61. The van der Waals surface area contributed by atoms with E-state index in [0.717, 1.165) is 34.6 Å². The first kappa shape index (κ1) is 15.7. The van der Waals surface area contributed by atoms with E-state index >= 15 is 0 Å². The normalized spacial score (nSPS) is 10.4.